The average Bonchev–Trinajstić information content (AvgIpc) is 2.50. The number of hydrogen-bond acceptors (Lipinski definition) is 2. The van der Waals surface area contributed by atoms with Crippen molar-refractivity contribution in [2.75, 3.05) is 0 Å². The van der Waals surface area contributed by atoms with Gasteiger partial charge in [-0.2, -0.15) is 0 Å². The van der Waals surface area contributed by atoms with Gasteiger partial charge in [0.1, 0.15) is 11.6 Å². The van der Waals surface area contributed by atoms with Crippen LogP contribution in [0.25, 0.3) is 0 Å². The lowest BCUT2D eigenvalue weighted by atomic mass is 9.69. The summed E-state index contributed by atoms with van der Waals surface area (Å²) in [5.41, 5.74) is 7.67. The van der Waals surface area contributed by atoms with Crippen molar-refractivity contribution in [2.45, 2.75) is 58.8 Å². The van der Waals surface area contributed by atoms with Crippen LogP contribution in [0, 0.1) is 16.7 Å². The Kier molecular flexibility index (Phi) is 5.38. The van der Waals surface area contributed by atoms with Gasteiger partial charge in [0.25, 0.3) is 0 Å². The predicted octanol–water partition coefficient (Wildman–Crippen LogP) is 4.08. The summed E-state index contributed by atoms with van der Waals surface area (Å²) in [4.78, 5) is 12.3. The minimum absolute atomic E-state index is 0.0686. The van der Waals surface area contributed by atoms with Crippen LogP contribution in [-0.4, -0.2) is 11.6 Å². The zero-order valence-corrected chi connectivity index (χ0v) is 13.8. The largest absolute Gasteiger partial charge is 0.384 e. The Bertz CT molecular complexity index is 525. The van der Waals surface area contributed by atoms with E-state index in [1.54, 1.807) is 0 Å². The van der Waals surface area contributed by atoms with E-state index >= 15 is 0 Å². The van der Waals surface area contributed by atoms with Crippen LogP contribution in [0.4, 0.5) is 0 Å². The van der Waals surface area contributed by atoms with Crippen LogP contribution >= 0.6 is 0 Å². The second kappa shape index (κ2) is 7.08. The molecule has 1 aliphatic rings. The number of carbonyl (C=O) groups excluding carboxylic acids is 1. The number of nitrogens with two attached hydrogens (primary N) is 1. The van der Waals surface area contributed by atoms with Gasteiger partial charge < -0.3 is 5.73 Å². The highest BCUT2D eigenvalue weighted by molar-refractivity contribution is 5.95. The average molecular weight is 300 g/mol. The SMILES string of the molecule is CCC1(C)CCC(CC(=O)Cc2ccc(C(=N)N)cc2)CC1. The minimum Gasteiger partial charge on any atom is -0.384 e. The van der Waals surface area contributed by atoms with Crippen molar-refractivity contribution in [3.8, 4) is 0 Å². The highest BCUT2D eigenvalue weighted by atomic mass is 16.1. The van der Waals surface area contributed by atoms with Crippen LogP contribution in [0.1, 0.15) is 63.5 Å². The molecule has 0 aromatic heterocycles. The molecular formula is C19H28N2O. The van der Waals surface area contributed by atoms with Crippen molar-refractivity contribution in [3.63, 3.8) is 0 Å². The Labute approximate surface area is 133 Å². The molecule has 22 heavy (non-hydrogen) atoms. The summed E-state index contributed by atoms with van der Waals surface area (Å²) >= 11 is 0. The van der Waals surface area contributed by atoms with E-state index in [0.29, 0.717) is 35.5 Å². The Morgan fingerprint density at radius 3 is 2.36 bits per heavy atom. The summed E-state index contributed by atoms with van der Waals surface area (Å²) in [7, 11) is 0. The smallest absolute Gasteiger partial charge is 0.137 e. The van der Waals surface area contributed by atoms with Gasteiger partial charge in [-0.15, -0.1) is 0 Å². The maximum Gasteiger partial charge on any atom is 0.137 e. The topological polar surface area (TPSA) is 66.9 Å². The van der Waals surface area contributed by atoms with Gasteiger partial charge in [0, 0.05) is 18.4 Å². The molecule has 0 saturated heterocycles. The van der Waals surface area contributed by atoms with E-state index in [-0.39, 0.29) is 5.84 Å². The molecule has 1 saturated carbocycles. The molecule has 1 fully saturated rings. The molecule has 1 aliphatic carbocycles. The van der Waals surface area contributed by atoms with E-state index in [0.717, 1.165) is 5.56 Å². The van der Waals surface area contributed by atoms with Crippen molar-refractivity contribution in [3.05, 3.63) is 35.4 Å². The van der Waals surface area contributed by atoms with Gasteiger partial charge in [-0.1, -0.05) is 44.5 Å². The lowest BCUT2D eigenvalue weighted by Gasteiger charge is -2.36. The normalized spacial score (nSPS) is 24.9. The molecule has 120 valence electrons. The van der Waals surface area contributed by atoms with Crippen molar-refractivity contribution < 1.29 is 4.79 Å². The number of Topliss-reactive ketones (excluding diaryl/α,β-unsaturated/α-hetero) is 1. The monoisotopic (exact) mass is 300 g/mol. The van der Waals surface area contributed by atoms with E-state index in [9.17, 15) is 4.79 Å². The molecule has 2 rings (SSSR count). The van der Waals surface area contributed by atoms with Gasteiger partial charge in [-0.3, -0.25) is 10.2 Å². The number of benzene rings is 1. The van der Waals surface area contributed by atoms with Gasteiger partial charge in [-0.25, -0.2) is 0 Å². The fourth-order valence-electron chi connectivity index (χ4n) is 3.36. The van der Waals surface area contributed by atoms with Crippen molar-refractivity contribution >= 4 is 11.6 Å². The number of nitrogens with one attached hydrogen (secondary N) is 1. The highest BCUT2D eigenvalue weighted by Gasteiger charge is 2.30. The first kappa shape index (κ1) is 16.7. The van der Waals surface area contributed by atoms with Crippen LogP contribution in [0.2, 0.25) is 0 Å². The Morgan fingerprint density at radius 1 is 1.27 bits per heavy atom. The summed E-state index contributed by atoms with van der Waals surface area (Å²) in [6.07, 6.45) is 7.37. The quantitative estimate of drug-likeness (QED) is 0.614. The number of amidine groups is 1. The van der Waals surface area contributed by atoms with Crippen LogP contribution in [-0.2, 0) is 11.2 Å². The fraction of sp³-hybridized carbons (Fsp3) is 0.579. The third-order valence-electron chi connectivity index (χ3n) is 5.35. The van der Waals surface area contributed by atoms with Crippen LogP contribution < -0.4 is 5.73 Å². The molecule has 3 nitrogen and oxygen atoms in total. The van der Waals surface area contributed by atoms with Gasteiger partial charge in [0.05, 0.1) is 0 Å². The summed E-state index contributed by atoms with van der Waals surface area (Å²) in [6, 6.07) is 7.45. The molecule has 1 aromatic carbocycles. The summed E-state index contributed by atoms with van der Waals surface area (Å²) in [5, 5.41) is 7.38. The lowest BCUT2D eigenvalue weighted by Crippen LogP contribution is -2.25. The van der Waals surface area contributed by atoms with E-state index in [1.165, 1.54) is 32.1 Å². The van der Waals surface area contributed by atoms with Crippen LogP contribution in [0.5, 0.6) is 0 Å². The van der Waals surface area contributed by atoms with Crippen LogP contribution in [0.15, 0.2) is 24.3 Å². The van der Waals surface area contributed by atoms with Gasteiger partial charge >= 0.3 is 0 Å². The molecule has 0 heterocycles. The Hall–Kier alpha value is -1.64. The minimum atomic E-state index is 0.0686. The number of nitrogen functional groups attached to an aromatic ring is 1. The third-order valence-corrected chi connectivity index (χ3v) is 5.35. The van der Waals surface area contributed by atoms with Gasteiger partial charge in [0.2, 0.25) is 0 Å². The molecule has 0 spiro atoms. The first-order chi connectivity index (χ1) is 10.4. The molecule has 0 radical (unpaired) electrons. The zero-order chi connectivity index (χ0) is 16.2. The Balaban J connectivity index is 1.82. The van der Waals surface area contributed by atoms with E-state index in [1.807, 2.05) is 24.3 Å². The molecule has 0 amide bonds. The molecular weight excluding hydrogens is 272 g/mol. The van der Waals surface area contributed by atoms with Crippen LogP contribution in [0.3, 0.4) is 0 Å². The molecule has 1 aromatic rings. The molecule has 3 N–H and O–H groups in total. The molecule has 0 aliphatic heterocycles. The van der Waals surface area contributed by atoms with Crippen molar-refractivity contribution in [1.82, 2.24) is 0 Å². The number of carbonyl (C=O) groups is 1. The zero-order valence-electron chi connectivity index (χ0n) is 13.8. The second-order valence-corrected chi connectivity index (χ2v) is 7.14. The van der Waals surface area contributed by atoms with E-state index in [2.05, 4.69) is 13.8 Å². The molecule has 0 atom stereocenters. The second-order valence-electron chi connectivity index (χ2n) is 7.14. The lowest BCUT2D eigenvalue weighted by molar-refractivity contribution is -0.119. The summed E-state index contributed by atoms with van der Waals surface area (Å²) in [5.74, 6) is 0.975. The number of ketones is 1. The number of rotatable bonds is 6. The molecule has 0 bridgehead atoms. The predicted molar refractivity (Wildman–Crippen MR) is 91.1 cm³/mol. The first-order valence-electron chi connectivity index (χ1n) is 8.37. The van der Waals surface area contributed by atoms with Gasteiger partial charge in [-0.05, 0) is 42.6 Å². The van der Waals surface area contributed by atoms with E-state index < -0.39 is 0 Å². The van der Waals surface area contributed by atoms with E-state index in [4.69, 9.17) is 11.1 Å². The Morgan fingerprint density at radius 2 is 1.86 bits per heavy atom. The number of hydrogen-bond donors (Lipinski definition) is 2. The maximum atomic E-state index is 12.3. The summed E-state index contributed by atoms with van der Waals surface area (Å²) in [6.45, 7) is 4.65. The standard InChI is InChI=1S/C19H28N2O/c1-3-19(2)10-8-15(9-11-19)13-17(22)12-14-4-6-16(7-5-14)18(20)21/h4-7,15H,3,8-13H2,1-2H3,(H3,20,21). The van der Waals surface area contributed by atoms with Crippen molar-refractivity contribution in [1.29, 1.82) is 5.41 Å². The molecule has 3 heteroatoms. The fourth-order valence-corrected chi connectivity index (χ4v) is 3.36. The first-order valence-corrected chi connectivity index (χ1v) is 8.37. The third kappa shape index (κ3) is 4.43. The van der Waals surface area contributed by atoms with Crippen molar-refractivity contribution in [2.24, 2.45) is 17.1 Å². The molecule has 0 unspecified atom stereocenters. The summed E-state index contributed by atoms with van der Waals surface area (Å²) < 4.78 is 0. The van der Waals surface area contributed by atoms with Gasteiger partial charge in [0.15, 0.2) is 0 Å². The highest BCUT2D eigenvalue weighted by Crippen LogP contribution is 2.42. The maximum absolute atomic E-state index is 12.3.